The molecule has 0 aliphatic rings. The largest absolute Gasteiger partial charge is 0.216 e. The van der Waals surface area contributed by atoms with Crippen molar-refractivity contribution < 1.29 is 4.21 Å². The first-order chi connectivity index (χ1) is 2.00. The van der Waals surface area contributed by atoms with Crippen LogP contribution in [0.4, 0.5) is 0 Å². The van der Waals surface area contributed by atoms with Gasteiger partial charge in [0.15, 0.2) is 16.0 Å². The standard InChI is InChI=1S/C2H6NOS/c1-5(2,3)4/h3H,1H2,2H3/q+1. The van der Waals surface area contributed by atoms with E-state index < -0.39 is 9.73 Å². The van der Waals surface area contributed by atoms with E-state index >= 15 is 0 Å². The van der Waals surface area contributed by atoms with Crippen LogP contribution < -0.4 is 0 Å². The monoisotopic (exact) mass is 92.0 g/mol. The Morgan fingerprint density at radius 3 is 2.00 bits per heavy atom. The average Bonchev–Trinajstić information content (AvgIpc) is 0.722. The molecule has 0 saturated carbocycles. The normalized spacial score (nSPS) is 21.0. The molecule has 1 N–H and O–H groups in total. The minimum atomic E-state index is -2.42. The molecular weight excluding hydrogens is 86.1 g/mol. The average molecular weight is 92.1 g/mol. The van der Waals surface area contributed by atoms with Crippen molar-refractivity contribution in [2.24, 2.45) is 0 Å². The molecule has 0 amide bonds. The smallest absolute Gasteiger partial charge is 0.186 e. The molecule has 30 valence electrons. The highest BCUT2D eigenvalue weighted by Gasteiger charge is 1.84. The molecule has 0 fully saturated rings. The molecule has 0 aliphatic heterocycles. The SMILES string of the molecule is [CH2+]S(C)(=N)=O. The van der Waals surface area contributed by atoms with Gasteiger partial charge in [-0.05, 0) is 0 Å². The molecule has 0 aromatic heterocycles. The van der Waals surface area contributed by atoms with Crippen molar-refractivity contribution in [1.29, 1.82) is 4.78 Å². The third-order valence-corrected chi connectivity index (χ3v) is 0. The Hall–Kier alpha value is -0.180. The van der Waals surface area contributed by atoms with Gasteiger partial charge in [-0.1, -0.05) is 0 Å². The Bertz CT molecular complexity index is 92.8. The van der Waals surface area contributed by atoms with Gasteiger partial charge in [-0.15, -0.1) is 0 Å². The third kappa shape index (κ3) is 391. The van der Waals surface area contributed by atoms with Crippen molar-refractivity contribution in [3.63, 3.8) is 0 Å². The number of nitrogens with one attached hydrogen (secondary N) is 1. The highest BCUT2D eigenvalue weighted by Crippen LogP contribution is 1.70. The van der Waals surface area contributed by atoms with E-state index in [4.69, 9.17) is 4.78 Å². The lowest BCUT2D eigenvalue weighted by Crippen LogP contribution is -1.78. The summed E-state index contributed by atoms with van der Waals surface area (Å²) in [7, 11) is -2.42. The fourth-order valence-corrected chi connectivity index (χ4v) is 0. The zero-order valence-electron chi connectivity index (χ0n) is 3.02. The Labute approximate surface area is 32.2 Å². The van der Waals surface area contributed by atoms with Crippen molar-refractivity contribution >= 4 is 9.73 Å². The third-order valence-electron chi connectivity index (χ3n) is 0. The Morgan fingerprint density at radius 1 is 2.00 bits per heavy atom. The Kier molecular flexibility index (Phi) is 0.865. The maximum Gasteiger partial charge on any atom is 0.186 e. The summed E-state index contributed by atoms with van der Waals surface area (Å²) in [5, 5.41) is 0. The minimum Gasteiger partial charge on any atom is -0.216 e. The molecule has 0 spiro atoms. The van der Waals surface area contributed by atoms with Crippen molar-refractivity contribution in [2.45, 2.75) is 0 Å². The number of hydrogen-bond donors (Lipinski definition) is 1. The van der Waals surface area contributed by atoms with Crippen molar-refractivity contribution in [1.82, 2.24) is 0 Å². The first-order valence-electron chi connectivity index (χ1n) is 1.07. The van der Waals surface area contributed by atoms with Gasteiger partial charge in [-0.3, -0.25) is 0 Å². The van der Waals surface area contributed by atoms with Crippen LogP contribution in [0.2, 0.25) is 0 Å². The second kappa shape index (κ2) is 0.897. The zero-order chi connectivity index (χ0) is 4.50. The molecular formula is C2H6NOS+. The molecule has 0 heterocycles. The first-order valence-corrected chi connectivity index (χ1v) is 3.20. The molecule has 2 nitrogen and oxygen atoms in total. The van der Waals surface area contributed by atoms with Crippen LogP contribution in [0.3, 0.4) is 0 Å². The molecule has 0 aromatic rings. The number of hydrogen-bond acceptors (Lipinski definition) is 2. The van der Waals surface area contributed by atoms with Gasteiger partial charge in [0, 0.05) is 0 Å². The number of rotatable bonds is 0. The van der Waals surface area contributed by atoms with Gasteiger partial charge < -0.3 is 0 Å². The predicted molar refractivity (Wildman–Crippen MR) is 22.1 cm³/mol. The van der Waals surface area contributed by atoms with Crippen molar-refractivity contribution in [3.05, 3.63) is 6.26 Å². The van der Waals surface area contributed by atoms with Crippen molar-refractivity contribution in [2.75, 3.05) is 6.26 Å². The van der Waals surface area contributed by atoms with E-state index in [2.05, 4.69) is 6.26 Å². The molecule has 0 aliphatic carbocycles. The second-order valence-electron chi connectivity index (χ2n) is 1.00. The summed E-state index contributed by atoms with van der Waals surface area (Å²) in [4.78, 5) is 0. The van der Waals surface area contributed by atoms with E-state index in [1.165, 1.54) is 6.26 Å². The lowest BCUT2D eigenvalue weighted by atomic mass is 11.9. The Morgan fingerprint density at radius 2 is 2.00 bits per heavy atom. The van der Waals surface area contributed by atoms with Crippen LogP contribution >= 0.6 is 0 Å². The van der Waals surface area contributed by atoms with Gasteiger partial charge in [-0.2, -0.15) is 0 Å². The topological polar surface area (TPSA) is 40.9 Å². The zero-order valence-corrected chi connectivity index (χ0v) is 3.84. The summed E-state index contributed by atoms with van der Waals surface area (Å²) in [6, 6.07) is 0. The molecule has 0 aromatic carbocycles. The van der Waals surface area contributed by atoms with Gasteiger partial charge in [0.25, 0.3) is 0 Å². The van der Waals surface area contributed by atoms with E-state index in [-0.39, 0.29) is 0 Å². The van der Waals surface area contributed by atoms with Gasteiger partial charge >= 0.3 is 0 Å². The second-order valence-corrected chi connectivity index (χ2v) is 3.01. The fourth-order valence-electron chi connectivity index (χ4n) is 0. The summed E-state index contributed by atoms with van der Waals surface area (Å²) in [5.41, 5.74) is 0. The highest BCUT2D eigenvalue weighted by atomic mass is 32.2. The summed E-state index contributed by atoms with van der Waals surface area (Å²) >= 11 is 0. The predicted octanol–water partition coefficient (Wildman–Crippen LogP) is 0.455. The van der Waals surface area contributed by atoms with Gasteiger partial charge in [0.1, 0.15) is 0 Å². The molecule has 0 saturated heterocycles. The van der Waals surface area contributed by atoms with E-state index in [1.54, 1.807) is 0 Å². The van der Waals surface area contributed by atoms with Crippen LogP contribution in [0.25, 0.3) is 0 Å². The molecule has 0 bridgehead atoms. The van der Waals surface area contributed by atoms with Crippen LogP contribution in [0, 0.1) is 11.0 Å². The minimum absolute atomic E-state index is 1.27. The van der Waals surface area contributed by atoms with Crippen LogP contribution in [-0.4, -0.2) is 10.5 Å². The molecule has 1 atom stereocenters. The summed E-state index contributed by atoms with van der Waals surface area (Å²) in [5.74, 6) is 0. The van der Waals surface area contributed by atoms with Crippen molar-refractivity contribution in [3.8, 4) is 0 Å². The Balaban J connectivity index is 4.06. The van der Waals surface area contributed by atoms with Gasteiger partial charge in [0.05, 0.1) is 6.26 Å². The molecule has 1 unspecified atom stereocenters. The summed E-state index contributed by atoms with van der Waals surface area (Å²) < 4.78 is 16.1. The summed E-state index contributed by atoms with van der Waals surface area (Å²) in [6.07, 6.45) is 4.24. The maximum absolute atomic E-state index is 9.74. The molecule has 3 heteroatoms. The van der Waals surface area contributed by atoms with Gasteiger partial charge in [0.2, 0.25) is 0 Å². The van der Waals surface area contributed by atoms with Gasteiger partial charge in [-0.25, -0.2) is 8.99 Å². The molecule has 0 rings (SSSR count). The van der Waals surface area contributed by atoms with Crippen LogP contribution in [0.5, 0.6) is 0 Å². The molecule has 5 heavy (non-hydrogen) atoms. The molecule has 0 radical (unpaired) electrons. The first kappa shape index (κ1) is 4.82. The highest BCUT2D eigenvalue weighted by molar-refractivity contribution is 7.92. The summed E-state index contributed by atoms with van der Waals surface area (Å²) in [6.45, 7) is 0. The van der Waals surface area contributed by atoms with Crippen LogP contribution in [0.15, 0.2) is 0 Å². The lowest BCUT2D eigenvalue weighted by molar-refractivity contribution is 0.684. The lowest BCUT2D eigenvalue weighted by Gasteiger charge is -1.65. The van der Waals surface area contributed by atoms with Crippen LogP contribution in [-0.2, 0) is 9.73 Å². The van der Waals surface area contributed by atoms with E-state index in [9.17, 15) is 4.21 Å². The van der Waals surface area contributed by atoms with E-state index in [1.807, 2.05) is 0 Å². The fraction of sp³-hybridized carbons (Fsp3) is 0.500. The quantitative estimate of drug-likeness (QED) is 0.433. The van der Waals surface area contributed by atoms with E-state index in [0.29, 0.717) is 0 Å². The maximum atomic E-state index is 9.74. The van der Waals surface area contributed by atoms with Crippen LogP contribution in [0.1, 0.15) is 0 Å². The van der Waals surface area contributed by atoms with E-state index in [0.717, 1.165) is 0 Å².